The molecule has 7 heteroatoms. The third-order valence-electron chi connectivity index (χ3n) is 2.60. The van der Waals surface area contributed by atoms with Gasteiger partial charge in [-0.2, -0.15) is 0 Å². The molecule has 0 spiro atoms. The fraction of sp³-hybridized carbons (Fsp3) is 0.357. The Kier molecular flexibility index (Phi) is 6.19. The number of amides is 2. The molecule has 0 bridgehead atoms. The lowest BCUT2D eigenvalue weighted by Gasteiger charge is -2.13. The van der Waals surface area contributed by atoms with Crippen LogP contribution in [0.25, 0.3) is 0 Å². The van der Waals surface area contributed by atoms with E-state index >= 15 is 0 Å². The summed E-state index contributed by atoms with van der Waals surface area (Å²) in [5.41, 5.74) is 6.46. The van der Waals surface area contributed by atoms with E-state index < -0.39 is 23.8 Å². The van der Waals surface area contributed by atoms with Crippen molar-refractivity contribution < 1.29 is 19.1 Å². The average Bonchev–Trinajstić information content (AvgIpc) is 2.45. The second-order valence-electron chi connectivity index (χ2n) is 4.35. The van der Waals surface area contributed by atoms with Crippen LogP contribution in [0.2, 0.25) is 0 Å². The van der Waals surface area contributed by atoms with Crippen molar-refractivity contribution in [1.82, 2.24) is 10.6 Å². The average molecular weight is 293 g/mol. The zero-order valence-corrected chi connectivity index (χ0v) is 12.0. The number of hydrogen-bond donors (Lipinski definition) is 3. The molecule has 0 aromatic heterocycles. The largest absolute Gasteiger partial charge is 0.464 e. The number of ether oxygens (including phenoxy) is 1. The van der Waals surface area contributed by atoms with E-state index in [0.29, 0.717) is 11.3 Å². The molecule has 0 aliphatic heterocycles. The Morgan fingerprint density at radius 1 is 1.24 bits per heavy atom. The maximum absolute atomic E-state index is 11.8. The molecule has 0 saturated heterocycles. The summed E-state index contributed by atoms with van der Waals surface area (Å²) in [7, 11) is 0. The third kappa shape index (κ3) is 5.52. The first-order valence-corrected chi connectivity index (χ1v) is 6.53. The van der Waals surface area contributed by atoms with Crippen molar-refractivity contribution in [2.45, 2.75) is 19.9 Å². The molecule has 2 amide bonds. The molecule has 0 aliphatic rings. The molecular formula is C14H19N3O4. The number of nitrogens with one attached hydrogen (secondary N) is 2. The number of rotatable bonds is 6. The first kappa shape index (κ1) is 16.5. The van der Waals surface area contributed by atoms with Gasteiger partial charge >= 0.3 is 5.97 Å². The highest BCUT2D eigenvalue weighted by Crippen LogP contribution is 2.04. The Balaban J connectivity index is 2.40. The summed E-state index contributed by atoms with van der Waals surface area (Å²) in [6, 6.07) is 5.55. The van der Waals surface area contributed by atoms with Gasteiger partial charge in [0, 0.05) is 11.3 Å². The van der Waals surface area contributed by atoms with Crippen LogP contribution in [-0.2, 0) is 14.3 Å². The standard InChI is InChI=1S/C14H19N3O4/c1-3-21-14(20)9(2)17-12(18)8-16-13(19)10-4-6-11(15)7-5-10/h4-7,9H,3,8,15H2,1-2H3,(H,16,19)(H,17,18). The van der Waals surface area contributed by atoms with Crippen molar-refractivity contribution >= 4 is 23.5 Å². The van der Waals surface area contributed by atoms with Crippen molar-refractivity contribution in [2.75, 3.05) is 18.9 Å². The van der Waals surface area contributed by atoms with E-state index in [0.717, 1.165) is 0 Å². The molecule has 1 atom stereocenters. The predicted molar refractivity (Wildman–Crippen MR) is 77.4 cm³/mol. The summed E-state index contributed by atoms with van der Waals surface area (Å²) in [4.78, 5) is 34.7. The van der Waals surface area contributed by atoms with E-state index in [1.54, 1.807) is 31.2 Å². The molecule has 0 saturated carbocycles. The van der Waals surface area contributed by atoms with Gasteiger partial charge in [0.2, 0.25) is 5.91 Å². The number of carbonyl (C=O) groups excluding carboxylic acids is 3. The number of anilines is 1. The number of hydrogen-bond acceptors (Lipinski definition) is 5. The quantitative estimate of drug-likeness (QED) is 0.507. The Morgan fingerprint density at radius 3 is 2.43 bits per heavy atom. The highest BCUT2D eigenvalue weighted by atomic mass is 16.5. The van der Waals surface area contributed by atoms with Crippen LogP contribution in [0.15, 0.2) is 24.3 Å². The summed E-state index contributed by atoms with van der Waals surface area (Å²) in [6.45, 7) is 3.21. The van der Waals surface area contributed by atoms with E-state index in [1.807, 2.05) is 0 Å². The van der Waals surface area contributed by atoms with Gasteiger partial charge in [-0.15, -0.1) is 0 Å². The minimum Gasteiger partial charge on any atom is -0.464 e. The summed E-state index contributed by atoms with van der Waals surface area (Å²) in [5.74, 6) is -1.39. The monoisotopic (exact) mass is 293 g/mol. The van der Waals surface area contributed by atoms with Crippen LogP contribution in [0.3, 0.4) is 0 Å². The molecule has 1 aromatic rings. The van der Waals surface area contributed by atoms with Crippen molar-refractivity contribution in [3.8, 4) is 0 Å². The lowest BCUT2D eigenvalue weighted by Crippen LogP contribution is -2.44. The molecule has 114 valence electrons. The Morgan fingerprint density at radius 2 is 1.86 bits per heavy atom. The molecule has 1 unspecified atom stereocenters. The van der Waals surface area contributed by atoms with E-state index in [2.05, 4.69) is 10.6 Å². The van der Waals surface area contributed by atoms with Crippen LogP contribution in [0, 0.1) is 0 Å². The second kappa shape index (κ2) is 7.88. The number of esters is 1. The first-order valence-electron chi connectivity index (χ1n) is 6.53. The van der Waals surface area contributed by atoms with Gasteiger partial charge in [0.15, 0.2) is 0 Å². The van der Waals surface area contributed by atoms with Gasteiger partial charge in [-0.1, -0.05) is 0 Å². The van der Waals surface area contributed by atoms with Crippen LogP contribution >= 0.6 is 0 Å². The van der Waals surface area contributed by atoms with Gasteiger partial charge < -0.3 is 21.1 Å². The van der Waals surface area contributed by atoms with E-state index in [1.165, 1.54) is 6.92 Å². The van der Waals surface area contributed by atoms with Gasteiger partial charge in [-0.05, 0) is 38.1 Å². The summed E-state index contributed by atoms with van der Waals surface area (Å²) >= 11 is 0. The maximum Gasteiger partial charge on any atom is 0.328 e. The fourth-order valence-corrected chi connectivity index (χ4v) is 1.52. The summed E-state index contributed by atoms with van der Waals surface area (Å²) in [6.07, 6.45) is 0. The molecule has 0 radical (unpaired) electrons. The van der Waals surface area contributed by atoms with Crippen LogP contribution < -0.4 is 16.4 Å². The Bertz CT molecular complexity index is 513. The van der Waals surface area contributed by atoms with Crippen LogP contribution in [-0.4, -0.2) is 37.0 Å². The molecule has 7 nitrogen and oxygen atoms in total. The van der Waals surface area contributed by atoms with Crippen LogP contribution in [0.5, 0.6) is 0 Å². The van der Waals surface area contributed by atoms with E-state index in [9.17, 15) is 14.4 Å². The zero-order chi connectivity index (χ0) is 15.8. The van der Waals surface area contributed by atoms with Gasteiger partial charge in [-0.25, -0.2) is 4.79 Å². The third-order valence-corrected chi connectivity index (χ3v) is 2.60. The Labute approximate surface area is 122 Å². The lowest BCUT2D eigenvalue weighted by atomic mass is 10.2. The zero-order valence-electron chi connectivity index (χ0n) is 12.0. The molecular weight excluding hydrogens is 274 g/mol. The summed E-state index contributed by atoms with van der Waals surface area (Å²) < 4.78 is 4.76. The molecule has 0 heterocycles. The number of nitrogens with two attached hydrogens (primary N) is 1. The van der Waals surface area contributed by atoms with Gasteiger partial charge in [-0.3, -0.25) is 9.59 Å². The van der Waals surface area contributed by atoms with Crippen molar-refractivity contribution in [3.05, 3.63) is 29.8 Å². The smallest absolute Gasteiger partial charge is 0.328 e. The highest BCUT2D eigenvalue weighted by molar-refractivity contribution is 5.97. The van der Waals surface area contributed by atoms with Gasteiger partial charge in [0.1, 0.15) is 6.04 Å². The molecule has 1 rings (SSSR count). The van der Waals surface area contributed by atoms with E-state index in [4.69, 9.17) is 10.5 Å². The molecule has 1 aromatic carbocycles. The minimum absolute atomic E-state index is 0.229. The normalized spacial score (nSPS) is 11.3. The van der Waals surface area contributed by atoms with Crippen molar-refractivity contribution in [1.29, 1.82) is 0 Å². The van der Waals surface area contributed by atoms with Crippen molar-refractivity contribution in [3.63, 3.8) is 0 Å². The first-order chi connectivity index (χ1) is 9.93. The van der Waals surface area contributed by atoms with Crippen LogP contribution in [0.4, 0.5) is 5.69 Å². The van der Waals surface area contributed by atoms with Gasteiger partial charge in [0.25, 0.3) is 5.91 Å². The number of nitrogen functional groups attached to an aromatic ring is 1. The van der Waals surface area contributed by atoms with Crippen LogP contribution in [0.1, 0.15) is 24.2 Å². The Hall–Kier alpha value is -2.57. The van der Waals surface area contributed by atoms with Gasteiger partial charge in [0.05, 0.1) is 13.2 Å². The SMILES string of the molecule is CCOC(=O)C(C)NC(=O)CNC(=O)c1ccc(N)cc1. The summed E-state index contributed by atoms with van der Waals surface area (Å²) in [5, 5.41) is 4.88. The topological polar surface area (TPSA) is 111 Å². The lowest BCUT2D eigenvalue weighted by molar-refractivity contribution is -0.146. The number of carbonyl (C=O) groups is 3. The maximum atomic E-state index is 11.8. The fourth-order valence-electron chi connectivity index (χ4n) is 1.52. The number of benzene rings is 1. The highest BCUT2D eigenvalue weighted by Gasteiger charge is 2.16. The molecule has 0 fully saturated rings. The minimum atomic E-state index is -0.758. The second-order valence-corrected chi connectivity index (χ2v) is 4.35. The van der Waals surface area contributed by atoms with Crippen molar-refractivity contribution in [2.24, 2.45) is 0 Å². The molecule has 4 N–H and O–H groups in total. The molecule has 21 heavy (non-hydrogen) atoms. The predicted octanol–water partition coefficient (Wildman–Crippen LogP) is 0.0664. The molecule has 0 aliphatic carbocycles. The van der Waals surface area contributed by atoms with E-state index in [-0.39, 0.29) is 13.2 Å².